The first-order valence-electron chi connectivity index (χ1n) is 10.6. The zero-order valence-corrected chi connectivity index (χ0v) is 17.3. The van der Waals surface area contributed by atoms with Gasteiger partial charge in [-0.15, -0.1) is 0 Å². The summed E-state index contributed by atoms with van der Waals surface area (Å²) < 4.78 is 40.0. The van der Waals surface area contributed by atoms with Crippen LogP contribution in [0.4, 0.5) is 19.3 Å². The third-order valence-electron chi connectivity index (χ3n) is 6.62. The van der Waals surface area contributed by atoms with Crippen molar-refractivity contribution in [1.29, 1.82) is 0 Å². The smallest absolute Gasteiger partial charge is 0.412 e. The summed E-state index contributed by atoms with van der Waals surface area (Å²) in [6.07, 6.45) is -1.10. The standard InChI is InChI=1S/C23H24F2N2O5/c24-18-7-16(20(25)17-11-31-22(29)26-21(17)18)19(28)10-27-9-13-6-15(8-23(13,30)12-27)32-14-4-2-1-3-5-14/h1-5,7,13,15,19,28,30H,6,8-12H2,(H,26,29)/t13-,15+,19?,23-/m1/s1. The predicted molar refractivity (Wildman–Crippen MR) is 110 cm³/mol. The summed E-state index contributed by atoms with van der Waals surface area (Å²) in [5, 5.41) is 23.9. The van der Waals surface area contributed by atoms with Crippen LogP contribution in [0.1, 0.15) is 30.1 Å². The predicted octanol–water partition coefficient (Wildman–Crippen LogP) is 2.96. The number of para-hydroxylation sites is 1. The van der Waals surface area contributed by atoms with Crippen LogP contribution in [-0.4, -0.2) is 52.5 Å². The van der Waals surface area contributed by atoms with Crippen LogP contribution in [0, 0.1) is 17.6 Å². The number of likely N-dealkylation sites (tertiary alicyclic amines) is 1. The van der Waals surface area contributed by atoms with Crippen LogP contribution in [0.3, 0.4) is 0 Å². The number of β-amino-alcohol motifs (C(OH)–C–C–N with tert-alkyl or cyclic N) is 2. The maximum Gasteiger partial charge on any atom is 0.412 e. The molecule has 2 heterocycles. The van der Waals surface area contributed by atoms with Crippen molar-refractivity contribution in [1.82, 2.24) is 4.90 Å². The van der Waals surface area contributed by atoms with E-state index in [-0.39, 0.29) is 35.4 Å². The monoisotopic (exact) mass is 446 g/mol. The maximum atomic E-state index is 14.9. The van der Waals surface area contributed by atoms with Crippen molar-refractivity contribution < 1.29 is 33.3 Å². The van der Waals surface area contributed by atoms with E-state index in [1.165, 1.54) is 0 Å². The zero-order valence-electron chi connectivity index (χ0n) is 17.3. The average Bonchev–Trinajstić information content (AvgIpc) is 3.21. The number of fused-ring (bicyclic) bond motifs is 2. The lowest BCUT2D eigenvalue weighted by Gasteiger charge is -2.26. The number of rotatable bonds is 5. The molecule has 2 aromatic rings. The fraction of sp³-hybridized carbons (Fsp3) is 0.435. The van der Waals surface area contributed by atoms with Crippen molar-refractivity contribution in [2.24, 2.45) is 5.92 Å². The summed E-state index contributed by atoms with van der Waals surface area (Å²) >= 11 is 0. The summed E-state index contributed by atoms with van der Waals surface area (Å²) in [7, 11) is 0. The van der Waals surface area contributed by atoms with Crippen LogP contribution in [-0.2, 0) is 11.3 Å². The summed E-state index contributed by atoms with van der Waals surface area (Å²) in [4.78, 5) is 13.1. The fourth-order valence-corrected chi connectivity index (χ4v) is 5.13. The van der Waals surface area contributed by atoms with E-state index in [0.29, 0.717) is 25.9 Å². The molecule has 1 unspecified atom stereocenters. The molecule has 1 aliphatic carbocycles. The summed E-state index contributed by atoms with van der Waals surface area (Å²) in [5.74, 6) is -0.899. The highest BCUT2D eigenvalue weighted by atomic mass is 19.1. The molecule has 2 fully saturated rings. The lowest BCUT2D eigenvalue weighted by Crippen LogP contribution is -2.36. The highest BCUT2D eigenvalue weighted by Crippen LogP contribution is 2.43. The number of nitrogens with zero attached hydrogens (tertiary/aromatic N) is 1. The summed E-state index contributed by atoms with van der Waals surface area (Å²) in [6, 6.07) is 10.4. The number of ether oxygens (including phenoxy) is 2. The lowest BCUT2D eigenvalue weighted by molar-refractivity contribution is 0.0177. The van der Waals surface area contributed by atoms with Crippen molar-refractivity contribution in [3.63, 3.8) is 0 Å². The second-order valence-electron chi connectivity index (χ2n) is 8.82. The maximum absolute atomic E-state index is 14.9. The number of amides is 1. The number of hydrogen-bond acceptors (Lipinski definition) is 6. The van der Waals surface area contributed by atoms with Gasteiger partial charge in [0.1, 0.15) is 30.1 Å². The molecule has 1 amide bonds. The van der Waals surface area contributed by atoms with Gasteiger partial charge in [0, 0.05) is 37.5 Å². The van der Waals surface area contributed by atoms with Gasteiger partial charge in [-0.2, -0.15) is 0 Å². The van der Waals surface area contributed by atoms with E-state index in [2.05, 4.69) is 5.32 Å². The third-order valence-corrected chi connectivity index (χ3v) is 6.62. The van der Waals surface area contributed by atoms with Gasteiger partial charge in [0.2, 0.25) is 0 Å². The van der Waals surface area contributed by atoms with Crippen LogP contribution in [0.25, 0.3) is 0 Å². The number of anilines is 1. The molecule has 1 saturated carbocycles. The SMILES string of the molecule is O=C1Nc2c(F)cc(C(O)CN3C[C@H]4C[C@H](Oc5ccccc5)C[C@@]4(O)C3)c(F)c2CO1. The van der Waals surface area contributed by atoms with Crippen LogP contribution < -0.4 is 10.1 Å². The van der Waals surface area contributed by atoms with E-state index in [4.69, 9.17) is 9.47 Å². The van der Waals surface area contributed by atoms with Gasteiger partial charge in [-0.25, -0.2) is 13.6 Å². The van der Waals surface area contributed by atoms with Crippen LogP contribution in [0.5, 0.6) is 5.75 Å². The Balaban J connectivity index is 1.24. The van der Waals surface area contributed by atoms with Crippen molar-refractivity contribution in [2.45, 2.75) is 37.3 Å². The first kappa shape index (κ1) is 21.1. The normalized spacial score (nSPS) is 27.9. The van der Waals surface area contributed by atoms with Crippen LogP contribution in [0.15, 0.2) is 36.4 Å². The van der Waals surface area contributed by atoms with Gasteiger partial charge in [-0.3, -0.25) is 10.2 Å². The van der Waals surface area contributed by atoms with E-state index < -0.39 is 36.0 Å². The van der Waals surface area contributed by atoms with E-state index in [0.717, 1.165) is 11.8 Å². The molecule has 3 N–H and O–H groups in total. The molecule has 2 aromatic carbocycles. The number of hydrogen-bond donors (Lipinski definition) is 3. The minimum Gasteiger partial charge on any atom is -0.490 e. The number of carbonyl (C=O) groups is 1. The lowest BCUT2D eigenvalue weighted by atomic mass is 9.95. The largest absolute Gasteiger partial charge is 0.490 e. The summed E-state index contributed by atoms with van der Waals surface area (Å²) in [6.45, 7) is 0.484. The number of halogens is 2. The Morgan fingerprint density at radius 3 is 2.84 bits per heavy atom. The zero-order chi connectivity index (χ0) is 22.5. The van der Waals surface area contributed by atoms with Gasteiger partial charge in [-0.1, -0.05) is 18.2 Å². The molecular weight excluding hydrogens is 422 g/mol. The molecule has 1 saturated heterocycles. The Kier molecular flexibility index (Phi) is 5.27. The number of aliphatic hydroxyl groups is 2. The number of aliphatic hydroxyl groups excluding tert-OH is 1. The molecule has 3 aliphatic rings. The average molecular weight is 446 g/mol. The van der Waals surface area contributed by atoms with E-state index in [1.807, 2.05) is 35.2 Å². The molecule has 170 valence electrons. The molecule has 2 aliphatic heterocycles. The Hall–Kier alpha value is -2.75. The fourth-order valence-electron chi connectivity index (χ4n) is 5.13. The minimum atomic E-state index is -1.30. The molecule has 7 nitrogen and oxygen atoms in total. The molecule has 5 rings (SSSR count). The van der Waals surface area contributed by atoms with Gasteiger partial charge in [0.25, 0.3) is 0 Å². The Bertz CT molecular complexity index is 1040. The number of carbonyl (C=O) groups excluding carboxylic acids is 1. The molecule has 0 bridgehead atoms. The van der Waals surface area contributed by atoms with Gasteiger partial charge >= 0.3 is 6.09 Å². The van der Waals surface area contributed by atoms with Gasteiger partial charge in [-0.05, 0) is 24.6 Å². The molecule has 0 aromatic heterocycles. The van der Waals surface area contributed by atoms with Crippen LogP contribution >= 0.6 is 0 Å². The Morgan fingerprint density at radius 1 is 1.31 bits per heavy atom. The molecule has 9 heteroatoms. The number of benzene rings is 2. The van der Waals surface area contributed by atoms with E-state index in [1.54, 1.807) is 0 Å². The van der Waals surface area contributed by atoms with Gasteiger partial charge < -0.3 is 19.7 Å². The minimum absolute atomic E-state index is 0.0304. The quantitative estimate of drug-likeness (QED) is 0.654. The second kappa shape index (κ2) is 7.99. The topological polar surface area (TPSA) is 91.3 Å². The Labute approximate surface area is 183 Å². The number of cyclic esters (lactones) is 1. The highest BCUT2D eigenvalue weighted by molar-refractivity contribution is 5.87. The summed E-state index contributed by atoms with van der Waals surface area (Å²) in [5.41, 5.74) is -1.53. The van der Waals surface area contributed by atoms with E-state index in [9.17, 15) is 23.8 Å². The molecule has 0 spiro atoms. The molecule has 4 atom stereocenters. The first-order valence-corrected chi connectivity index (χ1v) is 10.6. The van der Waals surface area contributed by atoms with E-state index >= 15 is 0 Å². The number of nitrogens with one attached hydrogen (secondary N) is 1. The Morgan fingerprint density at radius 2 is 2.09 bits per heavy atom. The molecule has 32 heavy (non-hydrogen) atoms. The van der Waals surface area contributed by atoms with Crippen molar-refractivity contribution in [3.8, 4) is 5.75 Å². The molecule has 0 radical (unpaired) electrons. The second-order valence-corrected chi connectivity index (χ2v) is 8.82. The van der Waals surface area contributed by atoms with Crippen LogP contribution in [0.2, 0.25) is 0 Å². The van der Waals surface area contributed by atoms with Gasteiger partial charge in [0.15, 0.2) is 0 Å². The third kappa shape index (κ3) is 3.80. The van der Waals surface area contributed by atoms with Crippen molar-refractivity contribution >= 4 is 11.8 Å². The molecular formula is C23H24F2N2O5. The van der Waals surface area contributed by atoms with Gasteiger partial charge in [0.05, 0.1) is 23.0 Å². The highest BCUT2D eigenvalue weighted by Gasteiger charge is 2.53. The first-order chi connectivity index (χ1) is 15.3. The van der Waals surface area contributed by atoms with Crippen molar-refractivity contribution in [3.05, 3.63) is 59.2 Å². The van der Waals surface area contributed by atoms with Crippen molar-refractivity contribution in [2.75, 3.05) is 25.0 Å².